The molecule has 0 saturated carbocycles. The van der Waals surface area contributed by atoms with Crippen molar-refractivity contribution in [1.29, 1.82) is 0 Å². The molecule has 0 unspecified atom stereocenters. The number of nitrogens with one attached hydrogen (secondary N) is 1. The predicted octanol–water partition coefficient (Wildman–Crippen LogP) is 4.92. The number of methoxy groups -OCH3 is 1. The molecule has 140 valence electrons. The van der Waals surface area contributed by atoms with Crippen LogP contribution in [0.5, 0.6) is 11.5 Å². The molecule has 0 atom stereocenters. The highest BCUT2D eigenvalue weighted by atomic mass is 35.5. The van der Waals surface area contributed by atoms with Crippen LogP contribution in [-0.4, -0.2) is 12.1 Å². The van der Waals surface area contributed by atoms with Crippen molar-refractivity contribution in [1.82, 2.24) is 10.3 Å². The van der Waals surface area contributed by atoms with Crippen LogP contribution in [0.2, 0.25) is 5.02 Å². The fourth-order valence-electron chi connectivity index (χ4n) is 2.82. The third-order valence-electron chi connectivity index (χ3n) is 4.16. The average molecular weight is 383 g/mol. The van der Waals surface area contributed by atoms with Gasteiger partial charge < -0.3 is 14.8 Å². The third kappa shape index (κ3) is 5.46. The molecule has 3 aromatic rings. The Bertz CT molecular complexity index is 885. The standard InChI is InChI=1S/C22H23ClN2O2/c1-16-4-3-5-18(10-16)15-27-22-20(23)11-19(12-21(22)26-2)14-25-13-17-6-8-24-9-7-17/h3-12,25H,13-15H2,1-2H3. The number of rotatable bonds is 8. The molecule has 0 radical (unpaired) electrons. The molecule has 27 heavy (non-hydrogen) atoms. The van der Waals surface area contributed by atoms with Gasteiger partial charge in [0.1, 0.15) is 6.61 Å². The summed E-state index contributed by atoms with van der Waals surface area (Å²) < 4.78 is 11.4. The van der Waals surface area contributed by atoms with Gasteiger partial charge in [-0.1, -0.05) is 41.4 Å². The maximum Gasteiger partial charge on any atom is 0.180 e. The second kappa shape index (κ2) is 9.40. The largest absolute Gasteiger partial charge is 0.493 e. The number of hydrogen-bond acceptors (Lipinski definition) is 4. The fraction of sp³-hybridized carbons (Fsp3) is 0.227. The molecule has 2 aromatic carbocycles. The van der Waals surface area contributed by atoms with E-state index >= 15 is 0 Å². The van der Waals surface area contributed by atoms with Crippen LogP contribution in [0, 0.1) is 6.92 Å². The molecule has 0 spiro atoms. The smallest absolute Gasteiger partial charge is 0.180 e. The van der Waals surface area contributed by atoms with Crippen LogP contribution in [0.4, 0.5) is 0 Å². The highest BCUT2D eigenvalue weighted by Crippen LogP contribution is 2.37. The first-order valence-corrected chi connectivity index (χ1v) is 9.18. The van der Waals surface area contributed by atoms with Gasteiger partial charge in [-0.05, 0) is 47.9 Å². The van der Waals surface area contributed by atoms with Crippen LogP contribution in [0.25, 0.3) is 0 Å². The second-order valence-corrected chi connectivity index (χ2v) is 6.75. The van der Waals surface area contributed by atoms with Crippen molar-refractivity contribution < 1.29 is 9.47 Å². The van der Waals surface area contributed by atoms with Crippen molar-refractivity contribution in [3.05, 3.63) is 88.2 Å². The first-order valence-electron chi connectivity index (χ1n) is 8.80. The summed E-state index contributed by atoms with van der Waals surface area (Å²) in [5, 5.41) is 3.94. The van der Waals surface area contributed by atoms with Gasteiger partial charge in [0.15, 0.2) is 11.5 Å². The molecular weight excluding hydrogens is 360 g/mol. The van der Waals surface area contributed by atoms with Gasteiger partial charge in [0.25, 0.3) is 0 Å². The quantitative estimate of drug-likeness (QED) is 0.600. The third-order valence-corrected chi connectivity index (χ3v) is 4.44. The Balaban J connectivity index is 1.65. The second-order valence-electron chi connectivity index (χ2n) is 6.35. The van der Waals surface area contributed by atoms with E-state index in [1.54, 1.807) is 19.5 Å². The molecular formula is C22H23ClN2O2. The molecule has 3 rings (SSSR count). The molecule has 0 aliphatic rings. The summed E-state index contributed by atoms with van der Waals surface area (Å²) in [5.41, 5.74) is 4.51. The van der Waals surface area contributed by atoms with Crippen LogP contribution < -0.4 is 14.8 Å². The lowest BCUT2D eigenvalue weighted by Gasteiger charge is -2.15. The Morgan fingerprint density at radius 2 is 1.74 bits per heavy atom. The molecule has 1 aromatic heterocycles. The lowest BCUT2D eigenvalue weighted by molar-refractivity contribution is 0.284. The van der Waals surface area contributed by atoms with Crippen molar-refractivity contribution in [2.24, 2.45) is 0 Å². The van der Waals surface area contributed by atoms with E-state index in [0.29, 0.717) is 29.7 Å². The number of nitrogens with zero attached hydrogens (tertiary/aromatic N) is 1. The van der Waals surface area contributed by atoms with Crippen molar-refractivity contribution in [2.45, 2.75) is 26.6 Å². The highest BCUT2D eigenvalue weighted by molar-refractivity contribution is 6.32. The monoisotopic (exact) mass is 382 g/mol. The van der Waals surface area contributed by atoms with Gasteiger partial charge in [-0.25, -0.2) is 0 Å². The molecule has 1 heterocycles. The molecule has 5 heteroatoms. The van der Waals surface area contributed by atoms with Crippen LogP contribution in [0.1, 0.15) is 22.3 Å². The first kappa shape index (κ1) is 19.2. The summed E-state index contributed by atoms with van der Waals surface area (Å²) in [4.78, 5) is 4.02. The average Bonchev–Trinajstić information content (AvgIpc) is 2.67. The summed E-state index contributed by atoms with van der Waals surface area (Å²) in [5.74, 6) is 1.20. The van der Waals surface area contributed by atoms with Crippen LogP contribution in [-0.2, 0) is 19.7 Å². The highest BCUT2D eigenvalue weighted by Gasteiger charge is 2.12. The Labute approximate surface area is 165 Å². The van der Waals surface area contributed by atoms with Crippen LogP contribution >= 0.6 is 11.6 Å². The summed E-state index contributed by atoms with van der Waals surface area (Å²) in [6.07, 6.45) is 3.58. The first-order chi connectivity index (χ1) is 13.2. The summed E-state index contributed by atoms with van der Waals surface area (Å²) >= 11 is 6.47. The van der Waals surface area contributed by atoms with Crippen molar-refractivity contribution >= 4 is 11.6 Å². The molecule has 1 N–H and O–H groups in total. The number of aromatic nitrogens is 1. The number of pyridine rings is 1. The minimum Gasteiger partial charge on any atom is -0.493 e. The van der Waals surface area contributed by atoms with Crippen LogP contribution in [0.3, 0.4) is 0 Å². The molecule has 0 fully saturated rings. The number of hydrogen-bond donors (Lipinski definition) is 1. The summed E-state index contributed by atoms with van der Waals surface area (Å²) in [6, 6.07) is 16.1. The summed E-state index contributed by atoms with van der Waals surface area (Å²) in [7, 11) is 1.62. The van der Waals surface area contributed by atoms with E-state index in [1.807, 2.05) is 36.4 Å². The number of aryl methyl sites for hydroxylation is 1. The Morgan fingerprint density at radius 1 is 0.963 bits per heavy atom. The molecule has 4 nitrogen and oxygen atoms in total. The minimum absolute atomic E-state index is 0.442. The van der Waals surface area contributed by atoms with Crippen LogP contribution in [0.15, 0.2) is 60.9 Å². The van der Waals surface area contributed by atoms with E-state index in [9.17, 15) is 0 Å². The number of benzene rings is 2. The topological polar surface area (TPSA) is 43.4 Å². The molecule has 0 amide bonds. The van der Waals surface area contributed by atoms with E-state index in [2.05, 4.69) is 29.4 Å². The number of halogens is 1. The lowest BCUT2D eigenvalue weighted by atomic mass is 10.1. The fourth-order valence-corrected chi connectivity index (χ4v) is 3.11. The van der Waals surface area contributed by atoms with Crippen molar-refractivity contribution in [3.63, 3.8) is 0 Å². The van der Waals surface area contributed by atoms with Crippen molar-refractivity contribution in [3.8, 4) is 11.5 Å². The van der Waals surface area contributed by atoms with E-state index in [-0.39, 0.29) is 0 Å². The zero-order valence-electron chi connectivity index (χ0n) is 15.5. The maximum absolute atomic E-state index is 6.47. The van der Waals surface area contributed by atoms with E-state index in [4.69, 9.17) is 21.1 Å². The van der Waals surface area contributed by atoms with Crippen molar-refractivity contribution in [2.75, 3.05) is 7.11 Å². The zero-order chi connectivity index (χ0) is 19.1. The molecule has 0 aliphatic carbocycles. The van der Waals surface area contributed by atoms with Gasteiger partial charge in [0.05, 0.1) is 12.1 Å². The normalized spacial score (nSPS) is 10.6. The lowest BCUT2D eigenvalue weighted by Crippen LogP contribution is -2.13. The Hall–Kier alpha value is -2.56. The maximum atomic E-state index is 6.47. The SMILES string of the molecule is COc1cc(CNCc2ccncc2)cc(Cl)c1OCc1cccc(C)c1. The van der Waals surface area contributed by atoms with Gasteiger partial charge >= 0.3 is 0 Å². The van der Waals surface area contributed by atoms with E-state index in [1.165, 1.54) is 11.1 Å². The van der Waals surface area contributed by atoms with E-state index < -0.39 is 0 Å². The van der Waals surface area contributed by atoms with Gasteiger partial charge in [0.2, 0.25) is 0 Å². The Morgan fingerprint density at radius 3 is 2.48 bits per heavy atom. The van der Waals surface area contributed by atoms with Gasteiger partial charge in [-0.15, -0.1) is 0 Å². The zero-order valence-corrected chi connectivity index (χ0v) is 16.3. The van der Waals surface area contributed by atoms with Gasteiger partial charge in [0, 0.05) is 25.5 Å². The predicted molar refractivity (Wildman–Crippen MR) is 108 cm³/mol. The van der Waals surface area contributed by atoms with Gasteiger partial charge in [-0.2, -0.15) is 0 Å². The van der Waals surface area contributed by atoms with E-state index in [0.717, 1.165) is 17.7 Å². The minimum atomic E-state index is 0.442. The van der Waals surface area contributed by atoms with Gasteiger partial charge in [-0.3, -0.25) is 4.98 Å². The molecule has 0 aliphatic heterocycles. The molecule has 0 bridgehead atoms. The Kier molecular flexibility index (Phi) is 6.69. The molecule has 0 saturated heterocycles. The summed E-state index contributed by atoms with van der Waals surface area (Å²) in [6.45, 7) is 3.94. The number of ether oxygens (including phenoxy) is 2.